The fraction of sp³-hybridized carbons (Fsp3) is 0.100. The third-order valence-electron chi connectivity index (χ3n) is 3.68. The number of ketones is 1. The van der Waals surface area contributed by atoms with Gasteiger partial charge in [0.05, 0.1) is 17.0 Å². The average molecular weight is 319 g/mol. The van der Waals surface area contributed by atoms with Crippen LogP contribution in [0, 0.1) is 0 Å². The zero-order valence-electron chi connectivity index (χ0n) is 13.5. The summed E-state index contributed by atoms with van der Waals surface area (Å²) in [5.74, 6) is -0.350. The largest absolute Gasteiger partial charge is 0.424 e. The molecular weight excluding hydrogens is 302 g/mol. The van der Waals surface area contributed by atoms with Gasteiger partial charge < -0.3 is 9.72 Å². The number of carbonyl (C=O) groups excluding carboxylic acids is 2. The van der Waals surface area contributed by atoms with Gasteiger partial charge in [0.15, 0.2) is 11.5 Å². The van der Waals surface area contributed by atoms with E-state index in [1.807, 2.05) is 60.7 Å². The summed E-state index contributed by atoms with van der Waals surface area (Å²) in [5, 5.41) is 0. The molecule has 1 aromatic heterocycles. The van der Waals surface area contributed by atoms with Crippen molar-refractivity contribution < 1.29 is 14.3 Å². The van der Waals surface area contributed by atoms with Gasteiger partial charge in [-0.25, -0.2) is 0 Å². The van der Waals surface area contributed by atoms with Crippen LogP contribution in [0.2, 0.25) is 0 Å². The number of Topliss-reactive ketones (excluding diaryl/α,β-unsaturated/α-hetero) is 1. The van der Waals surface area contributed by atoms with Gasteiger partial charge in [0, 0.05) is 12.5 Å². The van der Waals surface area contributed by atoms with Crippen molar-refractivity contribution in [1.82, 2.24) is 4.98 Å². The topological polar surface area (TPSA) is 59.2 Å². The molecule has 0 amide bonds. The number of hydrogen-bond acceptors (Lipinski definition) is 3. The summed E-state index contributed by atoms with van der Waals surface area (Å²) in [6.45, 7) is 2.80. The molecule has 0 spiro atoms. The number of nitrogens with one attached hydrogen (secondary N) is 1. The van der Waals surface area contributed by atoms with Gasteiger partial charge in [-0.05, 0) is 12.5 Å². The van der Waals surface area contributed by atoms with Crippen LogP contribution in [-0.2, 0) is 4.79 Å². The van der Waals surface area contributed by atoms with E-state index in [-0.39, 0.29) is 11.5 Å². The molecule has 0 fully saturated rings. The quantitative estimate of drug-likeness (QED) is 0.570. The highest BCUT2D eigenvalue weighted by Crippen LogP contribution is 2.40. The molecule has 3 aromatic rings. The van der Waals surface area contributed by atoms with Crippen molar-refractivity contribution in [2.24, 2.45) is 0 Å². The molecule has 0 aliphatic heterocycles. The van der Waals surface area contributed by atoms with Crippen LogP contribution in [0.4, 0.5) is 0 Å². The minimum atomic E-state index is -0.465. The van der Waals surface area contributed by atoms with E-state index in [9.17, 15) is 9.59 Å². The molecule has 4 nitrogen and oxygen atoms in total. The van der Waals surface area contributed by atoms with Crippen molar-refractivity contribution in [3.05, 3.63) is 66.2 Å². The Balaban J connectivity index is 2.29. The molecule has 2 aromatic carbocycles. The first-order chi connectivity index (χ1) is 11.6. The summed E-state index contributed by atoms with van der Waals surface area (Å²) in [5.41, 5.74) is 3.36. The lowest BCUT2D eigenvalue weighted by Crippen LogP contribution is -2.05. The molecule has 0 aliphatic rings. The number of benzene rings is 2. The third kappa shape index (κ3) is 2.99. The van der Waals surface area contributed by atoms with Gasteiger partial charge in [0.25, 0.3) is 0 Å². The Kier molecular flexibility index (Phi) is 4.29. The zero-order valence-corrected chi connectivity index (χ0v) is 13.5. The zero-order chi connectivity index (χ0) is 17.1. The molecule has 0 unspecified atom stereocenters. The lowest BCUT2D eigenvalue weighted by molar-refractivity contribution is -0.131. The van der Waals surface area contributed by atoms with Crippen molar-refractivity contribution in [2.45, 2.75) is 13.8 Å². The summed E-state index contributed by atoms with van der Waals surface area (Å²) in [6.07, 6.45) is 0. The van der Waals surface area contributed by atoms with Crippen molar-refractivity contribution >= 4 is 11.8 Å². The molecule has 0 bridgehead atoms. The standard InChI is InChI=1S/C20H17NO3/c1-13(22)17-18(15-9-5-3-6-10-15)21-19(20(17)24-14(2)23)16-11-7-4-8-12-16/h3-12,21H,1-2H3. The van der Waals surface area contributed by atoms with Crippen LogP contribution in [0.5, 0.6) is 5.75 Å². The summed E-state index contributed by atoms with van der Waals surface area (Å²) in [4.78, 5) is 27.1. The second kappa shape index (κ2) is 6.54. The molecule has 1 heterocycles. The van der Waals surface area contributed by atoms with Crippen LogP contribution in [0.15, 0.2) is 60.7 Å². The fourth-order valence-electron chi connectivity index (χ4n) is 2.69. The summed E-state index contributed by atoms with van der Waals surface area (Å²) >= 11 is 0. The molecule has 0 atom stereocenters. The Labute approximate surface area is 140 Å². The van der Waals surface area contributed by atoms with Gasteiger partial charge in [-0.1, -0.05) is 60.7 Å². The first kappa shape index (κ1) is 15.7. The summed E-state index contributed by atoms with van der Waals surface area (Å²) in [6, 6.07) is 19.0. The Hall–Kier alpha value is -3.14. The lowest BCUT2D eigenvalue weighted by Gasteiger charge is -2.06. The van der Waals surface area contributed by atoms with E-state index in [1.165, 1.54) is 13.8 Å². The smallest absolute Gasteiger partial charge is 0.308 e. The summed E-state index contributed by atoms with van der Waals surface area (Å²) in [7, 11) is 0. The number of hydrogen-bond donors (Lipinski definition) is 1. The van der Waals surface area contributed by atoms with Gasteiger partial charge in [0.2, 0.25) is 0 Å². The van der Waals surface area contributed by atoms with Gasteiger partial charge >= 0.3 is 5.97 Å². The van der Waals surface area contributed by atoms with Crippen LogP contribution >= 0.6 is 0 Å². The molecule has 0 saturated carbocycles. The van der Waals surface area contributed by atoms with Crippen LogP contribution in [-0.4, -0.2) is 16.7 Å². The number of esters is 1. The average Bonchev–Trinajstić information content (AvgIpc) is 2.95. The molecule has 4 heteroatoms. The van der Waals surface area contributed by atoms with Gasteiger partial charge in [-0.3, -0.25) is 9.59 Å². The summed E-state index contributed by atoms with van der Waals surface area (Å²) < 4.78 is 5.40. The number of ether oxygens (including phenoxy) is 1. The fourth-order valence-corrected chi connectivity index (χ4v) is 2.69. The monoisotopic (exact) mass is 319 g/mol. The molecule has 24 heavy (non-hydrogen) atoms. The van der Waals surface area contributed by atoms with E-state index in [1.54, 1.807) is 0 Å². The number of rotatable bonds is 4. The highest BCUT2D eigenvalue weighted by molar-refractivity contribution is 6.06. The lowest BCUT2D eigenvalue weighted by atomic mass is 10.0. The highest BCUT2D eigenvalue weighted by atomic mass is 16.5. The number of carbonyl (C=O) groups is 2. The third-order valence-corrected chi connectivity index (χ3v) is 3.68. The number of aromatic amines is 1. The first-order valence-electron chi connectivity index (χ1n) is 7.64. The molecule has 0 saturated heterocycles. The van der Waals surface area contributed by atoms with Crippen LogP contribution in [0.3, 0.4) is 0 Å². The Bertz CT molecular complexity index is 880. The van der Waals surface area contributed by atoms with Crippen molar-refractivity contribution in [3.63, 3.8) is 0 Å². The predicted octanol–water partition coefficient (Wildman–Crippen LogP) is 4.48. The molecule has 120 valence electrons. The highest BCUT2D eigenvalue weighted by Gasteiger charge is 2.25. The van der Waals surface area contributed by atoms with Crippen molar-refractivity contribution in [1.29, 1.82) is 0 Å². The molecule has 1 N–H and O–H groups in total. The Morgan fingerprint density at radius 2 is 1.29 bits per heavy atom. The maximum Gasteiger partial charge on any atom is 0.308 e. The number of H-pyrrole nitrogens is 1. The van der Waals surface area contributed by atoms with Gasteiger partial charge in [0.1, 0.15) is 0 Å². The van der Waals surface area contributed by atoms with E-state index >= 15 is 0 Å². The van der Waals surface area contributed by atoms with E-state index in [0.717, 1.165) is 11.1 Å². The van der Waals surface area contributed by atoms with E-state index in [0.29, 0.717) is 17.0 Å². The minimum Gasteiger partial charge on any atom is -0.424 e. The van der Waals surface area contributed by atoms with Crippen molar-refractivity contribution in [2.75, 3.05) is 0 Å². The Morgan fingerprint density at radius 3 is 1.75 bits per heavy atom. The van der Waals surface area contributed by atoms with E-state index in [2.05, 4.69) is 4.98 Å². The second-order valence-electron chi connectivity index (χ2n) is 5.46. The van der Waals surface area contributed by atoms with Crippen LogP contribution in [0.25, 0.3) is 22.5 Å². The maximum absolute atomic E-state index is 12.3. The van der Waals surface area contributed by atoms with Gasteiger partial charge in [-0.15, -0.1) is 0 Å². The van der Waals surface area contributed by atoms with E-state index < -0.39 is 5.97 Å². The predicted molar refractivity (Wildman–Crippen MR) is 93.0 cm³/mol. The normalized spacial score (nSPS) is 10.4. The SMILES string of the molecule is CC(=O)Oc1c(-c2ccccc2)[nH]c(-c2ccccc2)c1C(C)=O. The number of aromatic nitrogens is 1. The molecular formula is C20H17NO3. The Morgan fingerprint density at radius 1 is 0.792 bits per heavy atom. The maximum atomic E-state index is 12.3. The first-order valence-corrected chi connectivity index (χ1v) is 7.64. The molecule has 0 radical (unpaired) electrons. The van der Waals surface area contributed by atoms with Crippen molar-refractivity contribution in [3.8, 4) is 28.3 Å². The second-order valence-corrected chi connectivity index (χ2v) is 5.46. The van der Waals surface area contributed by atoms with Crippen LogP contribution < -0.4 is 4.74 Å². The molecule has 0 aliphatic carbocycles. The minimum absolute atomic E-state index is 0.163. The molecule has 3 rings (SSSR count). The van der Waals surface area contributed by atoms with E-state index in [4.69, 9.17) is 4.74 Å². The van der Waals surface area contributed by atoms with Crippen LogP contribution in [0.1, 0.15) is 24.2 Å². The van der Waals surface area contributed by atoms with Gasteiger partial charge in [-0.2, -0.15) is 0 Å².